The molecule has 0 saturated heterocycles. The second-order valence-corrected chi connectivity index (χ2v) is 9.49. The SMILES string of the molecule is CCOc1ccccc1OCC(=O)OCC(=O)N1N=C2/C(=C/c3ccccc3)CCC[C@H]2[C@H]1c1ccccc1. The van der Waals surface area contributed by atoms with Gasteiger partial charge in [-0.25, -0.2) is 9.80 Å². The molecule has 0 aromatic heterocycles. The van der Waals surface area contributed by atoms with E-state index >= 15 is 0 Å². The minimum absolute atomic E-state index is 0.0779. The number of para-hydroxylation sites is 2. The van der Waals surface area contributed by atoms with Gasteiger partial charge in [0, 0.05) is 5.92 Å². The van der Waals surface area contributed by atoms with Crippen LogP contribution in [0.3, 0.4) is 0 Å². The predicted molar refractivity (Wildman–Crippen MR) is 149 cm³/mol. The van der Waals surface area contributed by atoms with E-state index in [1.807, 2.05) is 61.5 Å². The van der Waals surface area contributed by atoms with Crippen LogP contribution < -0.4 is 9.47 Å². The van der Waals surface area contributed by atoms with E-state index in [1.165, 1.54) is 5.01 Å². The molecule has 7 heteroatoms. The molecule has 0 unspecified atom stereocenters. The van der Waals surface area contributed by atoms with Crippen LogP contribution in [0.5, 0.6) is 11.5 Å². The molecule has 0 radical (unpaired) electrons. The van der Waals surface area contributed by atoms with Gasteiger partial charge in [0.05, 0.1) is 18.4 Å². The van der Waals surface area contributed by atoms with Crippen LogP contribution in [0.15, 0.2) is 95.6 Å². The number of benzene rings is 3. The number of ether oxygens (including phenoxy) is 3. The zero-order chi connectivity index (χ0) is 27.0. The first-order valence-electron chi connectivity index (χ1n) is 13.4. The van der Waals surface area contributed by atoms with E-state index in [-0.39, 0.29) is 24.5 Å². The number of hydrazone groups is 1. The second kappa shape index (κ2) is 12.4. The van der Waals surface area contributed by atoms with E-state index in [9.17, 15) is 9.59 Å². The lowest BCUT2D eigenvalue weighted by Gasteiger charge is -2.29. The van der Waals surface area contributed by atoms with E-state index in [2.05, 4.69) is 18.2 Å². The van der Waals surface area contributed by atoms with Crippen molar-refractivity contribution in [1.82, 2.24) is 5.01 Å². The summed E-state index contributed by atoms with van der Waals surface area (Å²) in [6.07, 6.45) is 5.02. The maximum Gasteiger partial charge on any atom is 0.344 e. The summed E-state index contributed by atoms with van der Waals surface area (Å²) >= 11 is 0. The van der Waals surface area contributed by atoms with Crippen molar-refractivity contribution in [2.24, 2.45) is 11.0 Å². The van der Waals surface area contributed by atoms with Gasteiger partial charge < -0.3 is 14.2 Å². The molecular formula is C32H32N2O5. The van der Waals surface area contributed by atoms with Gasteiger partial charge in [-0.05, 0) is 61.1 Å². The molecule has 0 spiro atoms. The summed E-state index contributed by atoms with van der Waals surface area (Å²) in [6, 6.07) is 27.0. The minimum Gasteiger partial charge on any atom is -0.490 e. The molecule has 39 heavy (non-hydrogen) atoms. The molecule has 7 nitrogen and oxygen atoms in total. The van der Waals surface area contributed by atoms with Gasteiger partial charge >= 0.3 is 5.97 Å². The van der Waals surface area contributed by atoms with Gasteiger partial charge in [0.15, 0.2) is 24.7 Å². The lowest BCUT2D eigenvalue weighted by molar-refractivity contribution is -0.154. The van der Waals surface area contributed by atoms with Gasteiger partial charge in [0.2, 0.25) is 0 Å². The zero-order valence-electron chi connectivity index (χ0n) is 22.0. The third-order valence-electron chi connectivity index (χ3n) is 6.89. The van der Waals surface area contributed by atoms with Crippen molar-refractivity contribution in [1.29, 1.82) is 0 Å². The average molecular weight is 525 g/mol. The van der Waals surface area contributed by atoms with E-state index < -0.39 is 12.6 Å². The molecule has 2 aliphatic rings. The van der Waals surface area contributed by atoms with Crippen molar-refractivity contribution < 1.29 is 23.8 Å². The van der Waals surface area contributed by atoms with Crippen molar-refractivity contribution in [3.8, 4) is 11.5 Å². The third-order valence-corrected chi connectivity index (χ3v) is 6.89. The first-order valence-corrected chi connectivity index (χ1v) is 13.4. The van der Waals surface area contributed by atoms with Crippen molar-refractivity contribution in [2.75, 3.05) is 19.8 Å². The summed E-state index contributed by atoms with van der Waals surface area (Å²) in [5.74, 6) is 0.0610. The van der Waals surface area contributed by atoms with Gasteiger partial charge in [-0.15, -0.1) is 0 Å². The fraction of sp³-hybridized carbons (Fsp3) is 0.281. The molecule has 0 bridgehead atoms. The Morgan fingerprint density at radius 2 is 1.56 bits per heavy atom. The molecule has 2 atom stereocenters. The lowest BCUT2D eigenvalue weighted by Crippen LogP contribution is -2.35. The molecule has 1 aliphatic heterocycles. The molecule has 5 rings (SSSR count). The van der Waals surface area contributed by atoms with Crippen LogP contribution in [0.2, 0.25) is 0 Å². The van der Waals surface area contributed by atoms with E-state index in [0.29, 0.717) is 18.1 Å². The number of amides is 1. The minimum atomic E-state index is -0.639. The molecule has 3 aromatic rings. The van der Waals surface area contributed by atoms with Crippen LogP contribution in [0.1, 0.15) is 43.4 Å². The van der Waals surface area contributed by atoms with E-state index in [4.69, 9.17) is 19.3 Å². The number of allylic oxidation sites excluding steroid dienone is 1. The normalized spacial score (nSPS) is 19.3. The number of rotatable bonds is 9. The number of carbonyl (C=O) groups excluding carboxylic acids is 2. The third kappa shape index (κ3) is 6.20. The summed E-state index contributed by atoms with van der Waals surface area (Å²) in [4.78, 5) is 25.9. The highest BCUT2D eigenvalue weighted by Gasteiger charge is 2.43. The molecule has 1 amide bonds. The summed E-state index contributed by atoms with van der Waals surface area (Å²) in [7, 11) is 0. The summed E-state index contributed by atoms with van der Waals surface area (Å²) in [5, 5.41) is 6.35. The predicted octanol–water partition coefficient (Wildman–Crippen LogP) is 5.83. The van der Waals surface area contributed by atoms with Crippen LogP contribution in [-0.4, -0.2) is 42.4 Å². The van der Waals surface area contributed by atoms with Crippen molar-refractivity contribution >= 4 is 23.7 Å². The monoisotopic (exact) mass is 524 g/mol. The highest BCUT2D eigenvalue weighted by molar-refractivity contribution is 6.08. The fourth-order valence-corrected chi connectivity index (χ4v) is 5.17. The van der Waals surface area contributed by atoms with Crippen LogP contribution in [0, 0.1) is 5.92 Å². The molecule has 200 valence electrons. The Morgan fingerprint density at radius 1 is 0.897 bits per heavy atom. The first-order chi connectivity index (χ1) is 19.1. The molecular weight excluding hydrogens is 492 g/mol. The fourth-order valence-electron chi connectivity index (χ4n) is 5.17. The maximum atomic E-state index is 13.4. The smallest absolute Gasteiger partial charge is 0.344 e. The van der Waals surface area contributed by atoms with E-state index in [0.717, 1.165) is 41.7 Å². The Bertz CT molecular complexity index is 1350. The Kier molecular flexibility index (Phi) is 8.36. The van der Waals surface area contributed by atoms with Gasteiger partial charge in [-0.3, -0.25) is 4.79 Å². The van der Waals surface area contributed by atoms with Gasteiger partial charge in [-0.2, -0.15) is 5.10 Å². The maximum absolute atomic E-state index is 13.4. The molecule has 3 aromatic carbocycles. The number of carbonyl (C=O) groups is 2. The first kappa shape index (κ1) is 26.2. The van der Waals surface area contributed by atoms with Crippen molar-refractivity contribution in [3.63, 3.8) is 0 Å². The van der Waals surface area contributed by atoms with Crippen LogP contribution >= 0.6 is 0 Å². The topological polar surface area (TPSA) is 77.4 Å². The largest absolute Gasteiger partial charge is 0.490 e. The number of nitrogens with zero attached hydrogens (tertiary/aromatic N) is 2. The number of fused-ring (bicyclic) bond motifs is 1. The standard InChI is InChI=1S/C32H32N2O5/c1-2-37-27-18-9-10-19-28(27)38-22-30(36)39-21-29(35)34-32(24-14-7-4-8-15-24)26-17-11-16-25(31(26)33-34)20-23-12-5-3-6-13-23/h3-10,12-15,18-20,26,32H,2,11,16-17,21-22H2,1H3/b25-20+/t26-,32-/m1/s1. The van der Waals surface area contributed by atoms with Gasteiger partial charge in [0.1, 0.15) is 0 Å². The molecule has 1 heterocycles. The van der Waals surface area contributed by atoms with E-state index in [1.54, 1.807) is 18.2 Å². The van der Waals surface area contributed by atoms with Crippen molar-refractivity contribution in [3.05, 3.63) is 102 Å². The Hall–Kier alpha value is -4.39. The quantitative estimate of drug-likeness (QED) is 0.329. The molecule has 0 N–H and O–H groups in total. The average Bonchev–Trinajstić information content (AvgIpc) is 3.37. The van der Waals surface area contributed by atoms with Gasteiger partial charge in [0.25, 0.3) is 5.91 Å². The highest BCUT2D eigenvalue weighted by Crippen LogP contribution is 2.44. The summed E-state index contributed by atoms with van der Waals surface area (Å²) < 4.78 is 16.4. The van der Waals surface area contributed by atoms with Gasteiger partial charge in [-0.1, -0.05) is 72.8 Å². The molecule has 1 aliphatic carbocycles. The number of hydrogen-bond donors (Lipinski definition) is 0. The Morgan fingerprint density at radius 3 is 2.28 bits per heavy atom. The van der Waals surface area contributed by atoms with Crippen LogP contribution in [0.25, 0.3) is 6.08 Å². The summed E-state index contributed by atoms with van der Waals surface area (Å²) in [6.45, 7) is 1.60. The van der Waals surface area contributed by atoms with Crippen LogP contribution in [-0.2, 0) is 14.3 Å². The highest BCUT2D eigenvalue weighted by atomic mass is 16.6. The number of hydrogen-bond acceptors (Lipinski definition) is 6. The van der Waals surface area contributed by atoms with Crippen LogP contribution in [0.4, 0.5) is 0 Å². The zero-order valence-corrected chi connectivity index (χ0v) is 22.0. The Labute approximate surface area is 228 Å². The summed E-state index contributed by atoms with van der Waals surface area (Å²) in [5.41, 5.74) is 4.20. The lowest BCUT2D eigenvalue weighted by atomic mass is 9.77. The molecule has 1 saturated carbocycles. The Balaban J connectivity index is 1.30. The second-order valence-electron chi connectivity index (χ2n) is 9.49. The number of esters is 1. The van der Waals surface area contributed by atoms with Crippen molar-refractivity contribution in [2.45, 2.75) is 32.2 Å². The molecule has 1 fully saturated rings.